The van der Waals surface area contributed by atoms with Crippen molar-refractivity contribution in [1.82, 2.24) is 5.32 Å². The predicted octanol–water partition coefficient (Wildman–Crippen LogP) is 3.27. The highest BCUT2D eigenvalue weighted by molar-refractivity contribution is 6.09. The molecule has 0 saturated heterocycles. The van der Waals surface area contributed by atoms with Crippen LogP contribution < -0.4 is 22.1 Å². The number of carbonyl (C=O) groups is 1. The lowest BCUT2D eigenvalue weighted by molar-refractivity contribution is 0.0602. The molecule has 1 aliphatic heterocycles. The number of benzene rings is 2. The van der Waals surface area contributed by atoms with E-state index in [1.54, 1.807) is 25.5 Å². The van der Waals surface area contributed by atoms with Gasteiger partial charge in [0.05, 0.1) is 24.4 Å². The molecule has 7 nitrogen and oxygen atoms in total. The van der Waals surface area contributed by atoms with Crippen molar-refractivity contribution in [1.29, 1.82) is 0 Å². The number of rotatable bonds is 5. The summed E-state index contributed by atoms with van der Waals surface area (Å²) in [5.41, 5.74) is 18.7. The molecule has 0 bridgehead atoms. The predicted molar refractivity (Wildman–Crippen MR) is 127 cm³/mol. The quantitative estimate of drug-likeness (QED) is 0.437. The molecule has 0 spiro atoms. The first-order chi connectivity index (χ1) is 15.0. The lowest BCUT2D eigenvalue weighted by atomic mass is 9.92. The summed E-state index contributed by atoms with van der Waals surface area (Å²) in [6.45, 7) is 2.61. The second-order valence-corrected chi connectivity index (χ2v) is 7.32. The summed E-state index contributed by atoms with van der Waals surface area (Å²) >= 11 is 0. The third-order valence-electron chi connectivity index (χ3n) is 5.27. The Morgan fingerprint density at radius 2 is 2.06 bits per heavy atom. The number of carbonyl (C=O) groups excluding carboxylic acids is 1. The molecule has 1 unspecified atom stereocenters. The van der Waals surface area contributed by atoms with Gasteiger partial charge in [0.25, 0.3) is 0 Å². The Hall–Kier alpha value is -3.74. The fourth-order valence-corrected chi connectivity index (χ4v) is 3.79. The van der Waals surface area contributed by atoms with Crippen molar-refractivity contribution < 1.29 is 9.53 Å². The number of methoxy groups -OCH3 is 1. The number of nitrogens with zero attached hydrogens (tertiary/aromatic N) is 1. The van der Waals surface area contributed by atoms with E-state index in [0.29, 0.717) is 11.3 Å². The first-order valence-electron chi connectivity index (χ1n) is 10.1. The van der Waals surface area contributed by atoms with Gasteiger partial charge < -0.3 is 26.8 Å². The maximum atomic E-state index is 12.3. The largest absolute Gasteiger partial charge is 0.465 e. The molecule has 6 N–H and O–H groups in total. The van der Waals surface area contributed by atoms with Crippen LogP contribution in [-0.2, 0) is 4.74 Å². The summed E-state index contributed by atoms with van der Waals surface area (Å²) < 4.78 is 4.95. The molecule has 1 atom stereocenters. The molecule has 2 aromatic rings. The standard InChI is InChI=1S/C24H29N5O2/c1-15(26)23-18-9-8-16(17(13-25)14-27-2)12-20(18)22(10-11-28-23)29-21-7-5-4-6-19(21)24(30)31-3/h4-9,12-14,22,28-29H,10-11,25-26H2,1-3H3/b17-13?,23-15-,27-14?. The molecule has 0 saturated carbocycles. The van der Waals surface area contributed by atoms with Crippen LogP contribution in [0.5, 0.6) is 0 Å². The zero-order valence-corrected chi connectivity index (χ0v) is 18.1. The first-order valence-corrected chi connectivity index (χ1v) is 10.1. The van der Waals surface area contributed by atoms with Crippen LogP contribution >= 0.6 is 0 Å². The van der Waals surface area contributed by atoms with Crippen molar-refractivity contribution in [3.8, 4) is 0 Å². The minimum absolute atomic E-state index is 0.0669. The molecule has 0 aromatic heterocycles. The summed E-state index contributed by atoms with van der Waals surface area (Å²) in [4.78, 5) is 16.4. The number of anilines is 1. The van der Waals surface area contributed by atoms with Crippen LogP contribution in [0.3, 0.4) is 0 Å². The van der Waals surface area contributed by atoms with E-state index in [2.05, 4.69) is 21.7 Å². The average molecular weight is 420 g/mol. The molecule has 0 aliphatic carbocycles. The second-order valence-electron chi connectivity index (χ2n) is 7.32. The Kier molecular flexibility index (Phi) is 6.97. The fraction of sp³-hybridized carbons (Fsp3) is 0.250. The van der Waals surface area contributed by atoms with Crippen LogP contribution in [0.1, 0.15) is 46.4 Å². The average Bonchev–Trinajstić information content (AvgIpc) is 2.96. The molecule has 1 aliphatic rings. The number of ether oxygens (including phenoxy) is 1. The molecule has 0 radical (unpaired) electrons. The maximum absolute atomic E-state index is 12.3. The molecular formula is C24H29N5O2. The smallest absolute Gasteiger partial charge is 0.339 e. The van der Waals surface area contributed by atoms with Gasteiger partial charge >= 0.3 is 5.97 Å². The maximum Gasteiger partial charge on any atom is 0.339 e. The van der Waals surface area contributed by atoms with Gasteiger partial charge in [0.1, 0.15) is 0 Å². The molecule has 0 amide bonds. The van der Waals surface area contributed by atoms with E-state index in [1.807, 2.05) is 37.3 Å². The van der Waals surface area contributed by atoms with Gasteiger partial charge in [-0.05, 0) is 42.7 Å². The minimum Gasteiger partial charge on any atom is -0.465 e. The van der Waals surface area contributed by atoms with Crippen LogP contribution in [0.2, 0.25) is 0 Å². The summed E-state index contributed by atoms with van der Waals surface area (Å²) in [7, 11) is 3.09. The number of allylic oxidation sites excluding steroid dienone is 2. The van der Waals surface area contributed by atoms with E-state index in [0.717, 1.165) is 46.6 Å². The van der Waals surface area contributed by atoms with E-state index in [9.17, 15) is 4.79 Å². The summed E-state index contributed by atoms with van der Waals surface area (Å²) in [5, 5.41) is 6.99. The molecule has 31 heavy (non-hydrogen) atoms. The van der Waals surface area contributed by atoms with Gasteiger partial charge in [0.2, 0.25) is 0 Å². The van der Waals surface area contributed by atoms with E-state index >= 15 is 0 Å². The number of aliphatic imine (C=N–C) groups is 1. The van der Waals surface area contributed by atoms with Gasteiger partial charge in [-0.1, -0.05) is 24.3 Å². The number of hydrogen-bond acceptors (Lipinski definition) is 7. The Morgan fingerprint density at radius 3 is 2.74 bits per heavy atom. The Morgan fingerprint density at radius 1 is 1.29 bits per heavy atom. The van der Waals surface area contributed by atoms with Crippen molar-refractivity contribution in [2.24, 2.45) is 16.5 Å². The third-order valence-corrected chi connectivity index (χ3v) is 5.27. The SMILES string of the molecule is CN=CC(=CN)c1ccc2c(c1)C(Nc1ccccc1C(=O)OC)CCN/C2=C(/C)N. The lowest BCUT2D eigenvalue weighted by Crippen LogP contribution is -2.17. The topological polar surface area (TPSA) is 115 Å². The second kappa shape index (κ2) is 9.84. The Labute approximate surface area is 182 Å². The van der Waals surface area contributed by atoms with Crippen LogP contribution in [0.4, 0.5) is 5.69 Å². The molecular weight excluding hydrogens is 390 g/mol. The van der Waals surface area contributed by atoms with Crippen molar-refractivity contribution >= 4 is 29.1 Å². The molecule has 2 aromatic carbocycles. The number of hydrogen-bond donors (Lipinski definition) is 4. The number of nitrogens with two attached hydrogens (primary N) is 2. The van der Waals surface area contributed by atoms with Crippen LogP contribution in [0.25, 0.3) is 11.3 Å². The molecule has 0 fully saturated rings. The lowest BCUT2D eigenvalue weighted by Gasteiger charge is -2.22. The van der Waals surface area contributed by atoms with Gasteiger partial charge in [-0.15, -0.1) is 0 Å². The third kappa shape index (κ3) is 4.71. The van der Waals surface area contributed by atoms with Gasteiger partial charge in [0, 0.05) is 48.5 Å². The number of esters is 1. The highest BCUT2D eigenvalue weighted by atomic mass is 16.5. The van der Waals surface area contributed by atoms with E-state index in [4.69, 9.17) is 16.2 Å². The van der Waals surface area contributed by atoms with E-state index in [1.165, 1.54) is 7.11 Å². The number of nitrogens with one attached hydrogen (secondary N) is 2. The molecule has 1 heterocycles. The van der Waals surface area contributed by atoms with Gasteiger partial charge in [-0.3, -0.25) is 4.99 Å². The van der Waals surface area contributed by atoms with Crippen molar-refractivity contribution in [3.05, 3.63) is 76.6 Å². The number of para-hydroxylation sites is 1. The monoisotopic (exact) mass is 419 g/mol. The van der Waals surface area contributed by atoms with Crippen molar-refractivity contribution in [3.63, 3.8) is 0 Å². The van der Waals surface area contributed by atoms with E-state index < -0.39 is 0 Å². The summed E-state index contributed by atoms with van der Waals surface area (Å²) in [6.07, 6.45) is 4.06. The van der Waals surface area contributed by atoms with Crippen LogP contribution in [-0.4, -0.2) is 32.9 Å². The van der Waals surface area contributed by atoms with Crippen LogP contribution in [0, 0.1) is 0 Å². The molecule has 162 valence electrons. The Bertz CT molecular complexity index is 1050. The zero-order chi connectivity index (χ0) is 22.4. The zero-order valence-electron chi connectivity index (χ0n) is 18.1. The van der Waals surface area contributed by atoms with Crippen molar-refractivity contribution in [2.45, 2.75) is 19.4 Å². The normalized spacial score (nSPS) is 18.0. The first kappa shape index (κ1) is 22.0. The van der Waals surface area contributed by atoms with Gasteiger partial charge in [-0.25, -0.2) is 4.79 Å². The highest BCUT2D eigenvalue weighted by Crippen LogP contribution is 2.34. The Balaban J connectivity index is 2.12. The van der Waals surface area contributed by atoms with Gasteiger partial charge in [0.15, 0.2) is 0 Å². The number of fused-ring (bicyclic) bond motifs is 1. The molecule has 7 heteroatoms. The fourth-order valence-electron chi connectivity index (χ4n) is 3.79. The summed E-state index contributed by atoms with van der Waals surface area (Å²) in [6, 6.07) is 13.4. The molecule has 3 rings (SSSR count). The van der Waals surface area contributed by atoms with Crippen molar-refractivity contribution in [2.75, 3.05) is 26.0 Å². The van der Waals surface area contributed by atoms with Crippen LogP contribution in [0.15, 0.2) is 59.4 Å². The highest BCUT2D eigenvalue weighted by Gasteiger charge is 2.24. The minimum atomic E-state index is -0.380. The van der Waals surface area contributed by atoms with Gasteiger partial charge in [-0.2, -0.15) is 0 Å². The van der Waals surface area contributed by atoms with E-state index in [-0.39, 0.29) is 12.0 Å². The summed E-state index contributed by atoms with van der Waals surface area (Å²) in [5.74, 6) is -0.380.